The minimum absolute atomic E-state index is 0.0615. The van der Waals surface area contributed by atoms with Crippen molar-refractivity contribution in [2.24, 2.45) is 0 Å². The second-order valence-electron chi connectivity index (χ2n) is 4.86. The topological polar surface area (TPSA) is 62.3 Å². The standard InChI is InChI=1S/C13H17N3O2/c1-13(2)12(18)15-7-8-16(13)11(17)9-10-5-3-4-6-14-10/h3-6H,7-9H2,1-2H3,(H,15,18). The Hall–Kier alpha value is -1.91. The minimum Gasteiger partial charge on any atom is -0.352 e. The van der Waals surface area contributed by atoms with Crippen molar-refractivity contribution in [1.82, 2.24) is 15.2 Å². The zero-order valence-electron chi connectivity index (χ0n) is 10.6. The second kappa shape index (κ2) is 4.76. The van der Waals surface area contributed by atoms with E-state index in [9.17, 15) is 9.59 Å². The van der Waals surface area contributed by atoms with Gasteiger partial charge in [0.15, 0.2) is 0 Å². The van der Waals surface area contributed by atoms with Gasteiger partial charge in [-0.2, -0.15) is 0 Å². The lowest BCUT2D eigenvalue weighted by molar-refractivity contribution is -0.148. The Kier molecular flexibility index (Phi) is 3.32. The van der Waals surface area contributed by atoms with E-state index in [1.165, 1.54) is 0 Å². The monoisotopic (exact) mass is 247 g/mol. The first-order valence-corrected chi connectivity index (χ1v) is 6.00. The first-order valence-electron chi connectivity index (χ1n) is 6.00. The van der Waals surface area contributed by atoms with Gasteiger partial charge in [-0.15, -0.1) is 0 Å². The van der Waals surface area contributed by atoms with Gasteiger partial charge in [-0.1, -0.05) is 6.07 Å². The molecule has 5 heteroatoms. The summed E-state index contributed by atoms with van der Waals surface area (Å²) in [6, 6.07) is 5.48. The third-order valence-electron chi connectivity index (χ3n) is 3.21. The van der Waals surface area contributed by atoms with Crippen molar-refractivity contribution in [2.75, 3.05) is 13.1 Å². The summed E-state index contributed by atoms with van der Waals surface area (Å²) in [5.41, 5.74) is -0.0614. The molecular weight excluding hydrogens is 230 g/mol. The molecule has 1 N–H and O–H groups in total. The van der Waals surface area contributed by atoms with Gasteiger partial charge in [0.25, 0.3) is 0 Å². The number of carbonyl (C=O) groups excluding carboxylic acids is 2. The summed E-state index contributed by atoms with van der Waals surface area (Å²) in [4.78, 5) is 29.8. The molecule has 0 atom stereocenters. The first-order chi connectivity index (χ1) is 8.51. The van der Waals surface area contributed by atoms with Crippen molar-refractivity contribution >= 4 is 11.8 Å². The highest BCUT2D eigenvalue weighted by Crippen LogP contribution is 2.18. The molecule has 5 nitrogen and oxygen atoms in total. The molecule has 96 valence electrons. The van der Waals surface area contributed by atoms with Gasteiger partial charge in [-0.25, -0.2) is 0 Å². The van der Waals surface area contributed by atoms with Crippen LogP contribution in [0.1, 0.15) is 19.5 Å². The van der Waals surface area contributed by atoms with E-state index >= 15 is 0 Å². The molecule has 0 radical (unpaired) electrons. The van der Waals surface area contributed by atoms with Gasteiger partial charge in [-0.05, 0) is 26.0 Å². The molecule has 2 rings (SSSR count). The smallest absolute Gasteiger partial charge is 0.245 e. The molecule has 1 aliphatic heterocycles. The maximum Gasteiger partial charge on any atom is 0.245 e. The normalized spacial score (nSPS) is 18.3. The van der Waals surface area contributed by atoms with Gasteiger partial charge in [0, 0.05) is 25.0 Å². The number of nitrogens with one attached hydrogen (secondary N) is 1. The van der Waals surface area contributed by atoms with Gasteiger partial charge in [0.2, 0.25) is 11.8 Å². The lowest BCUT2D eigenvalue weighted by Gasteiger charge is -2.41. The number of pyridine rings is 1. The van der Waals surface area contributed by atoms with Crippen molar-refractivity contribution in [1.29, 1.82) is 0 Å². The Labute approximate surface area is 106 Å². The Morgan fingerprint density at radius 2 is 2.28 bits per heavy atom. The molecule has 0 saturated carbocycles. The molecule has 0 aliphatic carbocycles. The van der Waals surface area contributed by atoms with Crippen LogP contribution in [0.3, 0.4) is 0 Å². The molecule has 1 aromatic heterocycles. The van der Waals surface area contributed by atoms with Crippen LogP contribution in [0.25, 0.3) is 0 Å². The lowest BCUT2D eigenvalue weighted by atomic mass is 9.98. The van der Waals surface area contributed by atoms with E-state index in [-0.39, 0.29) is 18.2 Å². The highest BCUT2D eigenvalue weighted by molar-refractivity contribution is 5.92. The van der Waals surface area contributed by atoms with Crippen molar-refractivity contribution in [3.05, 3.63) is 30.1 Å². The largest absolute Gasteiger partial charge is 0.352 e. The van der Waals surface area contributed by atoms with E-state index in [1.807, 2.05) is 18.2 Å². The second-order valence-corrected chi connectivity index (χ2v) is 4.86. The zero-order chi connectivity index (χ0) is 13.2. The van der Waals surface area contributed by atoms with Gasteiger partial charge >= 0.3 is 0 Å². The summed E-state index contributed by atoms with van der Waals surface area (Å²) in [6.45, 7) is 4.58. The Morgan fingerprint density at radius 3 is 2.94 bits per heavy atom. The van der Waals surface area contributed by atoms with Gasteiger partial charge < -0.3 is 10.2 Å². The number of hydrogen-bond donors (Lipinski definition) is 1. The number of hydrogen-bond acceptors (Lipinski definition) is 3. The third kappa shape index (κ3) is 2.34. The van der Waals surface area contributed by atoms with Crippen LogP contribution in [0.15, 0.2) is 24.4 Å². The molecule has 1 fully saturated rings. The van der Waals surface area contributed by atoms with Crippen LogP contribution in [-0.2, 0) is 16.0 Å². The van der Waals surface area contributed by atoms with Crippen molar-refractivity contribution < 1.29 is 9.59 Å². The molecule has 1 aliphatic rings. The van der Waals surface area contributed by atoms with E-state index in [0.717, 1.165) is 5.69 Å². The first kappa shape index (κ1) is 12.5. The number of carbonyl (C=O) groups is 2. The molecule has 2 amide bonds. The van der Waals surface area contributed by atoms with Crippen LogP contribution >= 0.6 is 0 Å². The van der Waals surface area contributed by atoms with E-state index in [4.69, 9.17) is 0 Å². The summed E-state index contributed by atoms with van der Waals surface area (Å²) in [7, 11) is 0. The maximum atomic E-state index is 12.2. The fraction of sp³-hybridized carbons (Fsp3) is 0.462. The fourth-order valence-electron chi connectivity index (χ4n) is 2.09. The number of amides is 2. The number of nitrogens with zero attached hydrogens (tertiary/aromatic N) is 2. The van der Waals surface area contributed by atoms with Crippen LogP contribution in [0.2, 0.25) is 0 Å². The Balaban J connectivity index is 2.11. The molecule has 0 bridgehead atoms. The molecule has 1 aromatic rings. The highest BCUT2D eigenvalue weighted by atomic mass is 16.2. The summed E-state index contributed by atoms with van der Waals surface area (Å²) in [5, 5.41) is 2.77. The van der Waals surface area contributed by atoms with E-state index < -0.39 is 5.54 Å². The average Bonchev–Trinajstić information content (AvgIpc) is 2.33. The fourth-order valence-corrected chi connectivity index (χ4v) is 2.09. The summed E-state index contributed by atoms with van der Waals surface area (Å²) in [5.74, 6) is -0.170. The molecule has 0 spiro atoms. The van der Waals surface area contributed by atoms with Crippen LogP contribution in [0, 0.1) is 0 Å². The Bertz CT molecular complexity index is 457. The molecule has 0 aromatic carbocycles. The third-order valence-corrected chi connectivity index (χ3v) is 3.21. The molecule has 1 saturated heterocycles. The number of rotatable bonds is 2. The van der Waals surface area contributed by atoms with E-state index in [0.29, 0.717) is 13.1 Å². The predicted molar refractivity (Wildman–Crippen MR) is 66.7 cm³/mol. The van der Waals surface area contributed by atoms with Crippen molar-refractivity contribution in [3.8, 4) is 0 Å². The molecule has 0 unspecified atom stereocenters. The van der Waals surface area contributed by atoms with Gasteiger partial charge in [-0.3, -0.25) is 14.6 Å². The minimum atomic E-state index is -0.788. The van der Waals surface area contributed by atoms with Crippen LogP contribution < -0.4 is 5.32 Å². The van der Waals surface area contributed by atoms with E-state index in [2.05, 4.69) is 10.3 Å². The molecule has 2 heterocycles. The number of piperazine rings is 1. The Morgan fingerprint density at radius 1 is 1.50 bits per heavy atom. The quantitative estimate of drug-likeness (QED) is 0.821. The van der Waals surface area contributed by atoms with Gasteiger partial charge in [0.1, 0.15) is 5.54 Å². The van der Waals surface area contributed by atoms with Gasteiger partial charge in [0.05, 0.1) is 6.42 Å². The van der Waals surface area contributed by atoms with Crippen molar-refractivity contribution in [2.45, 2.75) is 25.8 Å². The van der Waals surface area contributed by atoms with Crippen LogP contribution in [0.4, 0.5) is 0 Å². The van der Waals surface area contributed by atoms with Crippen LogP contribution in [-0.4, -0.2) is 40.3 Å². The van der Waals surface area contributed by atoms with E-state index in [1.54, 1.807) is 24.9 Å². The summed E-state index contributed by atoms with van der Waals surface area (Å²) < 4.78 is 0. The molecular formula is C13H17N3O2. The maximum absolute atomic E-state index is 12.2. The van der Waals surface area contributed by atoms with Crippen molar-refractivity contribution in [3.63, 3.8) is 0 Å². The molecule has 18 heavy (non-hydrogen) atoms. The SMILES string of the molecule is CC1(C)C(=O)NCCN1C(=O)Cc1ccccn1. The average molecular weight is 247 g/mol. The summed E-state index contributed by atoms with van der Waals surface area (Å²) in [6.07, 6.45) is 1.90. The van der Waals surface area contributed by atoms with Crippen LogP contribution in [0.5, 0.6) is 0 Å². The lowest BCUT2D eigenvalue weighted by Crippen LogP contribution is -2.63. The zero-order valence-corrected chi connectivity index (χ0v) is 10.6. The predicted octanol–water partition coefficient (Wildman–Crippen LogP) is 0.361. The highest BCUT2D eigenvalue weighted by Gasteiger charge is 2.40. The number of aromatic nitrogens is 1. The summed E-state index contributed by atoms with van der Waals surface area (Å²) >= 11 is 0.